The van der Waals surface area contributed by atoms with Crippen LogP contribution in [0, 0.1) is 18.8 Å². The number of rotatable bonds is 5. The number of carbonyl (C=O) groups is 3. The predicted molar refractivity (Wildman–Crippen MR) is 94.3 cm³/mol. The largest absolute Gasteiger partial charge is 0.341 e. The second kappa shape index (κ2) is 7.21. The van der Waals surface area contributed by atoms with Crippen LogP contribution in [0.25, 0.3) is 0 Å². The molecule has 5 nitrogen and oxygen atoms in total. The number of amides is 3. The molecular formula is C20H24N2O3. The lowest BCUT2D eigenvalue weighted by atomic mass is 9.85. The molecule has 2 aliphatic rings. The van der Waals surface area contributed by atoms with Gasteiger partial charge in [-0.3, -0.25) is 19.3 Å². The van der Waals surface area contributed by atoms with E-state index < -0.39 is 0 Å². The number of hydrogen-bond acceptors (Lipinski definition) is 3. The van der Waals surface area contributed by atoms with Gasteiger partial charge in [0.2, 0.25) is 17.7 Å². The minimum Gasteiger partial charge on any atom is -0.341 e. The molecule has 0 aromatic heterocycles. The highest BCUT2D eigenvalue weighted by molar-refractivity contribution is 6.05. The Bertz CT molecular complexity index is 682. The van der Waals surface area contributed by atoms with Crippen molar-refractivity contribution in [2.24, 2.45) is 11.8 Å². The molecule has 0 radical (unpaired) electrons. The van der Waals surface area contributed by atoms with Gasteiger partial charge in [-0.2, -0.15) is 0 Å². The Hall–Kier alpha value is -2.43. The summed E-state index contributed by atoms with van der Waals surface area (Å²) in [4.78, 5) is 40.1. The molecule has 1 fully saturated rings. The average Bonchev–Trinajstić information content (AvgIpc) is 2.86. The summed E-state index contributed by atoms with van der Waals surface area (Å²) in [6.45, 7) is 2.73. The van der Waals surface area contributed by atoms with Crippen molar-refractivity contribution in [3.63, 3.8) is 0 Å². The lowest BCUT2D eigenvalue weighted by Gasteiger charge is -2.20. The van der Waals surface area contributed by atoms with Crippen molar-refractivity contribution < 1.29 is 14.4 Å². The van der Waals surface area contributed by atoms with Gasteiger partial charge in [0.15, 0.2) is 0 Å². The fourth-order valence-electron chi connectivity index (χ4n) is 3.54. The zero-order valence-corrected chi connectivity index (χ0v) is 14.8. The van der Waals surface area contributed by atoms with Crippen LogP contribution in [0.3, 0.4) is 0 Å². The van der Waals surface area contributed by atoms with Gasteiger partial charge in [0.25, 0.3) is 0 Å². The third-order valence-electron chi connectivity index (χ3n) is 5.11. The molecule has 0 bridgehead atoms. The highest BCUT2D eigenvalue weighted by Gasteiger charge is 2.46. The summed E-state index contributed by atoms with van der Waals surface area (Å²) in [7, 11) is 1.75. The number of aryl methyl sites for hydroxylation is 1. The van der Waals surface area contributed by atoms with Crippen molar-refractivity contribution in [2.75, 3.05) is 13.6 Å². The number of carbonyl (C=O) groups excluding carboxylic acids is 3. The van der Waals surface area contributed by atoms with Gasteiger partial charge in [0.05, 0.1) is 11.8 Å². The SMILES string of the molecule is Cc1ccc(CN(C)C(=O)CCN2C(=O)C3CC=CCC3C2=O)cc1. The molecule has 0 spiro atoms. The fraction of sp³-hybridized carbons (Fsp3) is 0.450. The Kier molecular flexibility index (Phi) is 5.02. The van der Waals surface area contributed by atoms with Crippen LogP contribution in [-0.4, -0.2) is 41.1 Å². The molecule has 1 aliphatic heterocycles. The first-order chi connectivity index (χ1) is 12.0. The normalized spacial score (nSPS) is 22.2. The third-order valence-corrected chi connectivity index (χ3v) is 5.11. The van der Waals surface area contributed by atoms with Gasteiger partial charge in [0, 0.05) is 26.6 Å². The quantitative estimate of drug-likeness (QED) is 0.610. The van der Waals surface area contributed by atoms with Crippen molar-refractivity contribution in [3.05, 3.63) is 47.5 Å². The van der Waals surface area contributed by atoms with E-state index >= 15 is 0 Å². The number of imide groups is 1. The maximum atomic E-state index is 12.4. The van der Waals surface area contributed by atoms with Crippen LogP contribution >= 0.6 is 0 Å². The van der Waals surface area contributed by atoms with Crippen LogP contribution in [0.5, 0.6) is 0 Å². The zero-order chi connectivity index (χ0) is 18.0. The van der Waals surface area contributed by atoms with Crippen molar-refractivity contribution in [1.29, 1.82) is 0 Å². The summed E-state index contributed by atoms with van der Waals surface area (Å²) in [5, 5.41) is 0. The van der Waals surface area contributed by atoms with Crippen LogP contribution in [-0.2, 0) is 20.9 Å². The fourth-order valence-corrected chi connectivity index (χ4v) is 3.54. The summed E-state index contributed by atoms with van der Waals surface area (Å²) in [6.07, 6.45) is 5.37. The Morgan fingerprint density at radius 2 is 1.64 bits per heavy atom. The lowest BCUT2D eigenvalue weighted by Crippen LogP contribution is -2.36. The number of likely N-dealkylation sites (tertiary alicyclic amines) is 1. The minimum atomic E-state index is -0.224. The van der Waals surface area contributed by atoms with Crippen LogP contribution < -0.4 is 0 Å². The van der Waals surface area contributed by atoms with Gasteiger partial charge < -0.3 is 4.90 Å². The molecule has 0 N–H and O–H groups in total. The molecule has 25 heavy (non-hydrogen) atoms. The van der Waals surface area contributed by atoms with Gasteiger partial charge in [0.1, 0.15) is 0 Å². The van der Waals surface area contributed by atoms with Gasteiger partial charge in [-0.15, -0.1) is 0 Å². The third kappa shape index (κ3) is 3.65. The Morgan fingerprint density at radius 1 is 1.08 bits per heavy atom. The summed E-state index contributed by atoms with van der Waals surface area (Å²) in [5.74, 6) is -0.744. The monoisotopic (exact) mass is 340 g/mol. The smallest absolute Gasteiger partial charge is 0.233 e. The van der Waals surface area contributed by atoms with Crippen LogP contribution in [0.2, 0.25) is 0 Å². The van der Waals surface area contributed by atoms with E-state index in [1.807, 2.05) is 43.3 Å². The Balaban J connectivity index is 1.54. The lowest BCUT2D eigenvalue weighted by molar-refractivity contribution is -0.140. The maximum absolute atomic E-state index is 12.4. The van der Waals surface area contributed by atoms with E-state index in [2.05, 4.69) is 0 Å². The van der Waals surface area contributed by atoms with Gasteiger partial charge in [-0.25, -0.2) is 0 Å². The Labute approximate surface area is 148 Å². The topological polar surface area (TPSA) is 57.7 Å². The van der Waals surface area contributed by atoms with Crippen molar-refractivity contribution in [3.8, 4) is 0 Å². The highest BCUT2D eigenvalue weighted by atomic mass is 16.2. The second-order valence-corrected chi connectivity index (χ2v) is 6.97. The van der Waals surface area contributed by atoms with E-state index in [4.69, 9.17) is 0 Å². The number of allylic oxidation sites excluding steroid dienone is 2. The molecule has 1 aliphatic carbocycles. The molecule has 1 heterocycles. The van der Waals surface area contributed by atoms with Crippen LogP contribution in [0.4, 0.5) is 0 Å². The van der Waals surface area contributed by atoms with Crippen LogP contribution in [0.1, 0.15) is 30.4 Å². The highest BCUT2D eigenvalue weighted by Crippen LogP contribution is 2.35. The van der Waals surface area contributed by atoms with Gasteiger partial charge in [-0.1, -0.05) is 42.0 Å². The summed E-state index contributed by atoms with van der Waals surface area (Å²) >= 11 is 0. The Morgan fingerprint density at radius 3 is 2.20 bits per heavy atom. The first kappa shape index (κ1) is 17.4. The number of hydrogen-bond donors (Lipinski definition) is 0. The van der Waals surface area contributed by atoms with Crippen molar-refractivity contribution in [2.45, 2.75) is 32.7 Å². The standard InChI is InChI=1S/C20H24N2O3/c1-14-7-9-15(10-8-14)13-21(2)18(23)11-12-22-19(24)16-5-3-4-6-17(16)20(22)25/h3-4,7-10,16-17H,5-6,11-13H2,1-2H3. The molecule has 2 unspecified atom stereocenters. The predicted octanol–water partition coefficient (Wildman–Crippen LogP) is 2.29. The van der Waals surface area contributed by atoms with E-state index in [0.29, 0.717) is 19.4 Å². The van der Waals surface area contributed by atoms with E-state index in [0.717, 1.165) is 5.56 Å². The molecule has 3 rings (SSSR count). The van der Waals surface area contributed by atoms with Gasteiger partial charge >= 0.3 is 0 Å². The first-order valence-electron chi connectivity index (χ1n) is 8.77. The molecule has 3 amide bonds. The molecule has 132 valence electrons. The van der Waals surface area contributed by atoms with Crippen LogP contribution in [0.15, 0.2) is 36.4 Å². The average molecular weight is 340 g/mol. The maximum Gasteiger partial charge on any atom is 0.233 e. The van der Waals surface area contributed by atoms with Gasteiger partial charge in [-0.05, 0) is 25.3 Å². The summed E-state index contributed by atoms with van der Waals surface area (Å²) in [5.41, 5.74) is 2.24. The zero-order valence-electron chi connectivity index (χ0n) is 14.8. The molecular weight excluding hydrogens is 316 g/mol. The molecule has 5 heteroatoms. The molecule has 2 atom stereocenters. The summed E-state index contributed by atoms with van der Waals surface area (Å²) < 4.78 is 0. The molecule has 1 saturated heterocycles. The molecule has 0 saturated carbocycles. The molecule has 1 aromatic rings. The first-order valence-corrected chi connectivity index (χ1v) is 8.77. The number of nitrogens with zero attached hydrogens (tertiary/aromatic N) is 2. The van der Waals surface area contributed by atoms with Crippen molar-refractivity contribution in [1.82, 2.24) is 9.80 Å². The second-order valence-electron chi connectivity index (χ2n) is 6.97. The summed E-state index contributed by atoms with van der Waals surface area (Å²) in [6, 6.07) is 8.05. The van der Waals surface area contributed by atoms with E-state index in [-0.39, 0.29) is 42.5 Å². The van der Waals surface area contributed by atoms with E-state index in [1.165, 1.54) is 10.5 Å². The minimum absolute atomic E-state index is 0.0610. The molecule has 1 aromatic carbocycles. The van der Waals surface area contributed by atoms with Crippen molar-refractivity contribution >= 4 is 17.7 Å². The van der Waals surface area contributed by atoms with E-state index in [9.17, 15) is 14.4 Å². The number of benzene rings is 1. The number of fused-ring (bicyclic) bond motifs is 1. The van der Waals surface area contributed by atoms with E-state index in [1.54, 1.807) is 11.9 Å².